The molecule has 2 aromatic rings. The Labute approximate surface area is 87.8 Å². The number of benzene rings is 1. The van der Waals surface area contributed by atoms with Gasteiger partial charge in [-0.3, -0.25) is 0 Å². The number of aromatic nitrogens is 2. The lowest BCUT2D eigenvalue weighted by molar-refractivity contribution is 0.814. The van der Waals surface area contributed by atoms with Gasteiger partial charge in [-0.05, 0) is 23.0 Å². The topological polar surface area (TPSA) is 25.8 Å². The van der Waals surface area contributed by atoms with Crippen molar-refractivity contribution in [2.45, 2.75) is 19.8 Å². The van der Waals surface area contributed by atoms with Gasteiger partial charge in [0.25, 0.3) is 0 Å². The number of hydrogen-bond acceptors (Lipinski definition) is 3. The third kappa shape index (κ3) is 1.68. The fraction of sp³-hybridized carbons (Fsp3) is 0.273. The van der Waals surface area contributed by atoms with E-state index in [1.54, 1.807) is 0 Å². The van der Waals surface area contributed by atoms with Crippen molar-refractivity contribution < 1.29 is 0 Å². The first-order valence-corrected chi connectivity index (χ1v) is 5.44. The minimum absolute atomic E-state index is 0.434. The van der Waals surface area contributed by atoms with Gasteiger partial charge in [0.15, 0.2) is 0 Å². The van der Waals surface area contributed by atoms with Crippen LogP contribution in [0.4, 0.5) is 0 Å². The maximum absolute atomic E-state index is 4.16. The number of hydrogen-bond donors (Lipinski definition) is 0. The van der Waals surface area contributed by atoms with Crippen LogP contribution in [0.5, 0.6) is 0 Å². The second kappa shape index (κ2) is 3.88. The number of nitrogens with zero attached hydrogens (tertiary/aromatic N) is 2. The molecule has 0 radical (unpaired) electrons. The molecule has 0 unspecified atom stereocenters. The summed E-state index contributed by atoms with van der Waals surface area (Å²) in [5, 5.41) is 4.16. The molecule has 3 heteroatoms. The summed E-state index contributed by atoms with van der Waals surface area (Å²) in [6, 6.07) is 10.3. The van der Waals surface area contributed by atoms with Crippen molar-refractivity contribution in [3.8, 4) is 10.4 Å². The largest absolute Gasteiger partial charge is 0.142 e. The fourth-order valence-electron chi connectivity index (χ4n) is 1.37. The van der Waals surface area contributed by atoms with Crippen LogP contribution in [0, 0.1) is 0 Å². The molecular weight excluding hydrogens is 192 g/mol. The maximum atomic E-state index is 4.16. The Bertz CT molecular complexity index is 406. The Kier molecular flexibility index (Phi) is 2.59. The van der Waals surface area contributed by atoms with Crippen LogP contribution in [-0.2, 0) is 0 Å². The van der Waals surface area contributed by atoms with Crippen LogP contribution in [0.2, 0.25) is 0 Å². The van der Waals surface area contributed by atoms with Gasteiger partial charge in [-0.1, -0.05) is 48.7 Å². The molecule has 0 fully saturated rings. The van der Waals surface area contributed by atoms with E-state index in [4.69, 9.17) is 0 Å². The maximum Gasteiger partial charge on any atom is 0.0860 e. The molecule has 0 saturated heterocycles. The molecule has 2 nitrogen and oxygen atoms in total. The summed E-state index contributed by atoms with van der Waals surface area (Å²) in [5.41, 5.74) is 2.31. The fourth-order valence-corrected chi connectivity index (χ4v) is 2.19. The average molecular weight is 204 g/mol. The highest BCUT2D eigenvalue weighted by atomic mass is 32.1. The molecule has 0 aliphatic carbocycles. The predicted octanol–water partition coefficient (Wildman–Crippen LogP) is 3.33. The Morgan fingerprint density at radius 3 is 2.50 bits per heavy atom. The SMILES string of the molecule is CC(C)c1nnsc1-c1ccccc1. The van der Waals surface area contributed by atoms with E-state index in [9.17, 15) is 0 Å². The lowest BCUT2D eigenvalue weighted by atomic mass is 10.1. The van der Waals surface area contributed by atoms with Gasteiger partial charge in [-0.2, -0.15) is 0 Å². The second-order valence-electron chi connectivity index (χ2n) is 3.51. The molecule has 0 aliphatic rings. The van der Waals surface area contributed by atoms with E-state index < -0.39 is 0 Å². The van der Waals surface area contributed by atoms with Gasteiger partial charge in [-0.25, -0.2) is 0 Å². The summed E-state index contributed by atoms with van der Waals surface area (Å²) in [7, 11) is 0. The molecule has 14 heavy (non-hydrogen) atoms. The van der Waals surface area contributed by atoms with Crippen molar-refractivity contribution in [2.24, 2.45) is 0 Å². The smallest absolute Gasteiger partial charge is 0.0860 e. The zero-order valence-corrected chi connectivity index (χ0v) is 9.08. The quantitative estimate of drug-likeness (QED) is 0.750. The first kappa shape index (κ1) is 9.34. The van der Waals surface area contributed by atoms with Crippen molar-refractivity contribution in [2.75, 3.05) is 0 Å². The first-order chi connectivity index (χ1) is 6.79. The summed E-state index contributed by atoms with van der Waals surface area (Å²) in [6.45, 7) is 4.28. The normalized spacial score (nSPS) is 10.8. The highest BCUT2D eigenvalue weighted by Crippen LogP contribution is 2.29. The zero-order chi connectivity index (χ0) is 9.97. The monoisotopic (exact) mass is 204 g/mol. The lowest BCUT2D eigenvalue weighted by Gasteiger charge is -2.03. The highest BCUT2D eigenvalue weighted by Gasteiger charge is 2.12. The Hall–Kier alpha value is -1.22. The summed E-state index contributed by atoms with van der Waals surface area (Å²) in [6.07, 6.45) is 0. The molecule has 0 bridgehead atoms. The molecular formula is C11H12N2S. The summed E-state index contributed by atoms with van der Waals surface area (Å²) in [5.74, 6) is 0.434. The van der Waals surface area contributed by atoms with Gasteiger partial charge in [0.1, 0.15) is 0 Å². The minimum Gasteiger partial charge on any atom is -0.142 e. The molecule has 2 rings (SSSR count). The minimum atomic E-state index is 0.434. The van der Waals surface area contributed by atoms with Gasteiger partial charge in [-0.15, -0.1) is 5.10 Å². The molecule has 0 atom stereocenters. The molecule has 0 saturated carbocycles. The van der Waals surface area contributed by atoms with Crippen molar-refractivity contribution in [1.82, 2.24) is 9.59 Å². The molecule has 0 N–H and O–H groups in total. The predicted molar refractivity (Wildman–Crippen MR) is 59.4 cm³/mol. The van der Waals surface area contributed by atoms with E-state index in [0.29, 0.717) is 5.92 Å². The molecule has 0 spiro atoms. The van der Waals surface area contributed by atoms with E-state index in [0.717, 1.165) is 5.69 Å². The lowest BCUT2D eigenvalue weighted by Crippen LogP contribution is -1.90. The van der Waals surface area contributed by atoms with E-state index in [1.807, 2.05) is 18.2 Å². The van der Waals surface area contributed by atoms with Gasteiger partial charge >= 0.3 is 0 Å². The average Bonchev–Trinajstić information content (AvgIpc) is 2.67. The van der Waals surface area contributed by atoms with Crippen molar-refractivity contribution in [3.63, 3.8) is 0 Å². The molecule has 72 valence electrons. The highest BCUT2D eigenvalue weighted by molar-refractivity contribution is 7.09. The van der Waals surface area contributed by atoms with E-state index in [1.165, 1.54) is 22.0 Å². The molecule has 0 amide bonds. The Morgan fingerprint density at radius 1 is 1.14 bits per heavy atom. The third-order valence-corrected chi connectivity index (χ3v) is 2.89. The van der Waals surface area contributed by atoms with E-state index >= 15 is 0 Å². The summed E-state index contributed by atoms with van der Waals surface area (Å²) >= 11 is 1.47. The van der Waals surface area contributed by atoms with Crippen molar-refractivity contribution >= 4 is 11.5 Å². The number of rotatable bonds is 2. The second-order valence-corrected chi connectivity index (χ2v) is 4.26. The van der Waals surface area contributed by atoms with Crippen molar-refractivity contribution in [1.29, 1.82) is 0 Å². The Morgan fingerprint density at radius 2 is 1.86 bits per heavy atom. The van der Waals surface area contributed by atoms with Crippen LogP contribution < -0.4 is 0 Å². The van der Waals surface area contributed by atoms with Gasteiger partial charge in [0, 0.05) is 0 Å². The molecule has 0 aliphatic heterocycles. The van der Waals surface area contributed by atoms with Crippen LogP contribution in [0.3, 0.4) is 0 Å². The van der Waals surface area contributed by atoms with E-state index in [2.05, 4.69) is 35.6 Å². The third-order valence-electron chi connectivity index (χ3n) is 2.10. The Balaban J connectivity index is 2.47. The zero-order valence-electron chi connectivity index (χ0n) is 8.27. The van der Waals surface area contributed by atoms with Crippen LogP contribution in [0.25, 0.3) is 10.4 Å². The van der Waals surface area contributed by atoms with Crippen LogP contribution in [-0.4, -0.2) is 9.59 Å². The summed E-state index contributed by atoms with van der Waals surface area (Å²) in [4.78, 5) is 1.20. The molecule has 1 aromatic carbocycles. The van der Waals surface area contributed by atoms with E-state index in [-0.39, 0.29) is 0 Å². The van der Waals surface area contributed by atoms with Crippen LogP contribution >= 0.6 is 11.5 Å². The van der Waals surface area contributed by atoms with Crippen molar-refractivity contribution in [3.05, 3.63) is 36.0 Å². The van der Waals surface area contributed by atoms with Crippen LogP contribution in [0.15, 0.2) is 30.3 Å². The van der Waals surface area contributed by atoms with Gasteiger partial charge in [0.05, 0.1) is 10.6 Å². The van der Waals surface area contributed by atoms with Gasteiger partial charge < -0.3 is 0 Å². The van der Waals surface area contributed by atoms with Crippen LogP contribution in [0.1, 0.15) is 25.5 Å². The standard InChI is InChI=1S/C11H12N2S/c1-8(2)10-11(14-13-12-10)9-6-4-3-5-7-9/h3-8H,1-2H3. The molecule has 1 aromatic heterocycles. The summed E-state index contributed by atoms with van der Waals surface area (Å²) < 4.78 is 4.01. The molecule has 1 heterocycles. The van der Waals surface area contributed by atoms with Gasteiger partial charge in [0.2, 0.25) is 0 Å². The first-order valence-electron chi connectivity index (χ1n) is 4.66.